The van der Waals surface area contributed by atoms with Gasteiger partial charge in [-0.15, -0.1) is 0 Å². The highest BCUT2D eigenvalue weighted by molar-refractivity contribution is 5.73. The lowest BCUT2D eigenvalue weighted by molar-refractivity contribution is 0.565. The van der Waals surface area contributed by atoms with Gasteiger partial charge in [0.15, 0.2) is 5.65 Å². The number of nitrogen functional groups attached to an aromatic ring is 1. The molecule has 0 unspecified atom stereocenters. The molecular weight excluding hydrogens is 224 g/mol. The number of nitrogens with two attached hydrogens (primary N) is 1. The van der Waals surface area contributed by atoms with Gasteiger partial charge in [-0.05, 0) is 18.6 Å². The van der Waals surface area contributed by atoms with Crippen LogP contribution in [0.5, 0.6) is 0 Å². The number of fused-ring (bicyclic) bond motifs is 1. The average molecular weight is 246 g/mol. The average Bonchev–Trinajstić information content (AvgIpc) is 2.70. The van der Waals surface area contributed by atoms with E-state index in [0.717, 1.165) is 24.1 Å². The van der Waals surface area contributed by atoms with Crippen LogP contribution in [0.3, 0.4) is 0 Å². The van der Waals surface area contributed by atoms with Gasteiger partial charge in [0.2, 0.25) is 5.95 Å². The van der Waals surface area contributed by atoms with Crippen molar-refractivity contribution in [3.63, 3.8) is 0 Å². The van der Waals surface area contributed by atoms with Gasteiger partial charge in [0.1, 0.15) is 5.52 Å². The van der Waals surface area contributed by atoms with Crippen LogP contribution < -0.4 is 5.73 Å². The Labute approximate surface area is 108 Å². The number of nitrogens with zero attached hydrogens (tertiary/aromatic N) is 3. The molecule has 0 aliphatic heterocycles. The van der Waals surface area contributed by atoms with Crippen molar-refractivity contribution < 1.29 is 0 Å². The van der Waals surface area contributed by atoms with Crippen LogP contribution in [0.1, 0.15) is 45.4 Å². The number of pyridine rings is 1. The number of imidazole rings is 1. The Bertz CT molecular complexity index is 489. The smallest absolute Gasteiger partial charge is 0.202 e. The lowest BCUT2D eigenvalue weighted by Crippen LogP contribution is -2.04. The second kappa shape index (κ2) is 6.38. The first-order valence-corrected chi connectivity index (χ1v) is 6.89. The van der Waals surface area contributed by atoms with Gasteiger partial charge in [-0.1, -0.05) is 39.0 Å². The van der Waals surface area contributed by atoms with Crippen molar-refractivity contribution in [2.24, 2.45) is 0 Å². The summed E-state index contributed by atoms with van der Waals surface area (Å²) in [6, 6.07) is 3.85. The van der Waals surface area contributed by atoms with Crippen molar-refractivity contribution in [3.8, 4) is 0 Å². The van der Waals surface area contributed by atoms with Crippen molar-refractivity contribution in [2.45, 2.75) is 52.0 Å². The summed E-state index contributed by atoms with van der Waals surface area (Å²) in [5.74, 6) is 0.581. The highest BCUT2D eigenvalue weighted by Gasteiger charge is 2.07. The molecule has 0 bridgehead atoms. The van der Waals surface area contributed by atoms with Crippen molar-refractivity contribution in [2.75, 3.05) is 5.73 Å². The summed E-state index contributed by atoms with van der Waals surface area (Å²) in [4.78, 5) is 8.67. The normalized spacial score (nSPS) is 11.2. The Balaban J connectivity index is 1.89. The Hall–Kier alpha value is -1.58. The van der Waals surface area contributed by atoms with E-state index in [4.69, 9.17) is 5.73 Å². The first kappa shape index (κ1) is 12.9. The molecular formula is C14H22N4. The third-order valence-electron chi connectivity index (χ3n) is 3.27. The number of unbranched alkanes of at least 4 members (excludes halogenated alkanes) is 5. The third kappa shape index (κ3) is 3.00. The van der Waals surface area contributed by atoms with Crippen LogP contribution >= 0.6 is 0 Å². The fourth-order valence-corrected chi connectivity index (χ4v) is 2.25. The van der Waals surface area contributed by atoms with Gasteiger partial charge in [-0.3, -0.25) is 4.57 Å². The minimum Gasteiger partial charge on any atom is -0.369 e. The lowest BCUT2D eigenvalue weighted by atomic mass is 10.1. The molecule has 0 spiro atoms. The zero-order valence-corrected chi connectivity index (χ0v) is 11.1. The SMILES string of the molecule is CCCCCCCCn1c(N)nc2cccnc21. The number of hydrogen-bond acceptors (Lipinski definition) is 3. The summed E-state index contributed by atoms with van der Waals surface area (Å²) < 4.78 is 2.02. The zero-order chi connectivity index (χ0) is 12.8. The summed E-state index contributed by atoms with van der Waals surface area (Å²) >= 11 is 0. The summed E-state index contributed by atoms with van der Waals surface area (Å²) in [7, 11) is 0. The highest BCUT2D eigenvalue weighted by Crippen LogP contribution is 2.16. The first-order chi connectivity index (χ1) is 8.83. The monoisotopic (exact) mass is 246 g/mol. The molecule has 0 amide bonds. The molecule has 0 aliphatic rings. The van der Waals surface area contributed by atoms with Gasteiger partial charge in [0.25, 0.3) is 0 Å². The van der Waals surface area contributed by atoms with Gasteiger partial charge in [0, 0.05) is 12.7 Å². The first-order valence-electron chi connectivity index (χ1n) is 6.89. The molecule has 98 valence electrons. The quantitative estimate of drug-likeness (QED) is 0.762. The molecule has 0 saturated heterocycles. The van der Waals surface area contributed by atoms with E-state index in [1.165, 1.54) is 32.1 Å². The minimum absolute atomic E-state index is 0.581. The highest BCUT2D eigenvalue weighted by atomic mass is 15.2. The second-order valence-electron chi connectivity index (χ2n) is 4.74. The molecule has 2 rings (SSSR count). The van der Waals surface area contributed by atoms with Crippen molar-refractivity contribution in [1.29, 1.82) is 0 Å². The summed E-state index contributed by atoms with van der Waals surface area (Å²) in [5, 5.41) is 0. The fourth-order valence-electron chi connectivity index (χ4n) is 2.25. The van der Waals surface area contributed by atoms with Crippen LogP contribution in [-0.4, -0.2) is 14.5 Å². The van der Waals surface area contributed by atoms with Gasteiger partial charge in [0.05, 0.1) is 0 Å². The summed E-state index contributed by atoms with van der Waals surface area (Å²) in [6.45, 7) is 3.16. The molecule has 2 heterocycles. The van der Waals surface area contributed by atoms with Crippen LogP contribution in [0.25, 0.3) is 11.2 Å². The minimum atomic E-state index is 0.581. The van der Waals surface area contributed by atoms with Crippen LogP contribution in [0, 0.1) is 0 Å². The maximum Gasteiger partial charge on any atom is 0.202 e. The van der Waals surface area contributed by atoms with Crippen molar-refractivity contribution >= 4 is 17.1 Å². The number of aromatic nitrogens is 3. The molecule has 4 heteroatoms. The zero-order valence-electron chi connectivity index (χ0n) is 11.1. The number of rotatable bonds is 7. The predicted molar refractivity (Wildman–Crippen MR) is 75.3 cm³/mol. The Morgan fingerprint density at radius 3 is 2.78 bits per heavy atom. The van der Waals surface area contributed by atoms with Crippen LogP contribution in [-0.2, 0) is 6.54 Å². The maximum absolute atomic E-state index is 5.93. The van der Waals surface area contributed by atoms with Gasteiger partial charge in [-0.2, -0.15) is 0 Å². The topological polar surface area (TPSA) is 56.7 Å². The van der Waals surface area contributed by atoms with E-state index in [1.54, 1.807) is 6.20 Å². The van der Waals surface area contributed by atoms with Crippen molar-refractivity contribution in [3.05, 3.63) is 18.3 Å². The molecule has 0 saturated carbocycles. The molecule has 2 N–H and O–H groups in total. The number of anilines is 1. The van der Waals surface area contributed by atoms with E-state index in [9.17, 15) is 0 Å². The van der Waals surface area contributed by atoms with Crippen LogP contribution in [0.15, 0.2) is 18.3 Å². The fraction of sp³-hybridized carbons (Fsp3) is 0.571. The van der Waals surface area contributed by atoms with E-state index in [2.05, 4.69) is 16.9 Å². The molecule has 0 radical (unpaired) electrons. The number of aryl methyl sites for hydroxylation is 1. The Morgan fingerprint density at radius 2 is 1.94 bits per heavy atom. The largest absolute Gasteiger partial charge is 0.369 e. The van der Waals surface area contributed by atoms with E-state index in [0.29, 0.717) is 5.95 Å². The molecule has 2 aromatic rings. The van der Waals surface area contributed by atoms with Gasteiger partial charge < -0.3 is 5.73 Å². The lowest BCUT2D eigenvalue weighted by Gasteiger charge is -2.05. The molecule has 0 fully saturated rings. The molecule has 2 aromatic heterocycles. The molecule has 0 aliphatic carbocycles. The maximum atomic E-state index is 5.93. The number of hydrogen-bond donors (Lipinski definition) is 1. The van der Waals surface area contributed by atoms with E-state index < -0.39 is 0 Å². The molecule has 4 nitrogen and oxygen atoms in total. The Morgan fingerprint density at radius 1 is 1.17 bits per heavy atom. The summed E-state index contributed by atoms with van der Waals surface area (Å²) in [6.07, 6.45) is 9.49. The third-order valence-corrected chi connectivity index (χ3v) is 3.27. The van der Waals surface area contributed by atoms with Crippen LogP contribution in [0.2, 0.25) is 0 Å². The van der Waals surface area contributed by atoms with Crippen LogP contribution in [0.4, 0.5) is 5.95 Å². The molecule has 0 atom stereocenters. The van der Waals surface area contributed by atoms with Gasteiger partial charge in [-0.25, -0.2) is 9.97 Å². The van der Waals surface area contributed by atoms with Crippen molar-refractivity contribution in [1.82, 2.24) is 14.5 Å². The van der Waals surface area contributed by atoms with Gasteiger partial charge >= 0.3 is 0 Å². The second-order valence-corrected chi connectivity index (χ2v) is 4.74. The standard InChI is InChI=1S/C14H22N4/c1-2-3-4-5-6-7-11-18-13-12(17-14(18)15)9-8-10-16-13/h8-10H,2-7,11H2,1H3,(H2,15,17). The van der Waals surface area contributed by atoms with E-state index >= 15 is 0 Å². The van der Waals surface area contributed by atoms with E-state index in [1.807, 2.05) is 16.7 Å². The molecule has 0 aromatic carbocycles. The summed E-state index contributed by atoms with van der Waals surface area (Å²) in [5.41, 5.74) is 7.72. The molecule has 18 heavy (non-hydrogen) atoms. The van der Waals surface area contributed by atoms with E-state index in [-0.39, 0.29) is 0 Å². The predicted octanol–water partition coefficient (Wildman–Crippen LogP) is 3.37. The Kier molecular flexibility index (Phi) is 4.56.